The molecule has 10 heteroatoms. The molecule has 0 unspecified atom stereocenters. The van der Waals surface area contributed by atoms with Gasteiger partial charge in [0, 0.05) is 19.8 Å². The van der Waals surface area contributed by atoms with E-state index in [1.165, 1.54) is 17.0 Å². The van der Waals surface area contributed by atoms with Gasteiger partial charge in [0.15, 0.2) is 14.6 Å². The normalized spacial score (nSPS) is 16.7. The van der Waals surface area contributed by atoms with E-state index in [4.69, 9.17) is 0 Å². The summed E-state index contributed by atoms with van der Waals surface area (Å²) in [6.07, 6.45) is 1.56. The van der Waals surface area contributed by atoms with Crippen LogP contribution in [0.4, 0.5) is 8.78 Å². The van der Waals surface area contributed by atoms with Gasteiger partial charge in [-0.2, -0.15) is 8.78 Å². The molecule has 6 nitrogen and oxygen atoms in total. The number of hydrogen-bond acceptors (Lipinski definition) is 5. The van der Waals surface area contributed by atoms with Crippen molar-refractivity contribution in [2.24, 2.45) is 0 Å². The highest BCUT2D eigenvalue weighted by atomic mass is 35.5. The van der Waals surface area contributed by atoms with Gasteiger partial charge in [-0.15, -0.1) is 12.4 Å². The van der Waals surface area contributed by atoms with Crippen LogP contribution in [0.3, 0.4) is 0 Å². The Morgan fingerprint density at radius 1 is 1.27 bits per heavy atom. The van der Waals surface area contributed by atoms with E-state index in [9.17, 15) is 22.0 Å². The van der Waals surface area contributed by atoms with Gasteiger partial charge in [0.05, 0.1) is 0 Å². The zero-order chi connectivity index (χ0) is 18.7. The van der Waals surface area contributed by atoms with E-state index in [0.717, 1.165) is 6.26 Å². The molecular weight excluding hydrogens is 390 g/mol. The van der Waals surface area contributed by atoms with E-state index in [1.54, 1.807) is 19.2 Å². The summed E-state index contributed by atoms with van der Waals surface area (Å²) >= 11 is 0. The number of hydrogen-bond donors (Lipinski definition) is 1. The van der Waals surface area contributed by atoms with Crippen LogP contribution in [-0.4, -0.2) is 57.0 Å². The lowest BCUT2D eigenvalue weighted by atomic mass is 9.95. The summed E-state index contributed by atoms with van der Waals surface area (Å²) in [7, 11) is -2.04. The largest absolute Gasteiger partial charge is 0.435 e. The summed E-state index contributed by atoms with van der Waals surface area (Å²) in [5.74, 6) is -0.414. The van der Waals surface area contributed by atoms with Crippen molar-refractivity contribution in [3.63, 3.8) is 0 Å². The first kappa shape index (κ1) is 22.6. The predicted octanol–water partition coefficient (Wildman–Crippen LogP) is 1.83. The molecule has 26 heavy (non-hydrogen) atoms. The maximum absolute atomic E-state index is 12.9. The third kappa shape index (κ3) is 5.05. The van der Waals surface area contributed by atoms with E-state index >= 15 is 0 Å². The second-order valence-electron chi connectivity index (χ2n) is 6.20. The quantitative estimate of drug-likeness (QED) is 0.771. The topological polar surface area (TPSA) is 75.7 Å². The molecule has 0 spiro atoms. The Kier molecular flexibility index (Phi) is 7.79. The number of sulfone groups is 1. The predicted molar refractivity (Wildman–Crippen MR) is 96.5 cm³/mol. The van der Waals surface area contributed by atoms with Crippen LogP contribution >= 0.6 is 12.4 Å². The van der Waals surface area contributed by atoms with Gasteiger partial charge in [-0.1, -0.05) is 12.1 Å². The number of halogens is 3. The van der Waals surface area contributed by atoms with Crippen LogP contribution in [0.5, 0.6) is 5.75 Å². The van der Waals surface area contributed by atoms with Crippen LogP contribution in [-0.2, 0) is 21.2 Å². The van der Waals surface area contributed by atoms with Crippen molar-refractivity contribution in [3.8, 4) is 5.75 Å². The number of alkyl halides is 2. The summed E-state index contributed by atoms with van der Waals surface area (Å²) in [4.78, 5) is 14.2. The minimum absolute atomic E-state index is 0. The fourth-order valence-corrected chi connectivity index (χ4v) is 4.46. The molecule has 148 valence electrons. The lowest BCUT2D eigenvalue weighted by Gasteiger charge is -2.37. The molecular formula is C16H23ClF2N2O4S. The fraction of sp³-hybridized carbons (Fsp3) is 0.562. The minimum atomic E-state index is -3.58. The van der Waals surface area contributed by atoms with Crippen molar-refractivity contribution >= 4 is 28.2 Å². The molecule has 1 fully saturated rings. The first-order chi connectivity index (χ1) is 11.7. The Bertz CT molecular complexity index is 707. The average molecular weight is 413 g/mol. The Labute approximate surface area is 158 Å². The zero-order valence-electron chi connectivity index (χ0n) is 14.6. The molecule has 0 saturated carbocycles. The van der Waals surface area contributed by atoms with Gasteiger partial charge >= 0.3 is 6.61 Å². The molecule has 2 rings (SSSR count). The summed E-state index contributed by atoms with van der Waals surface area (Å²) in [5.41, 5.74) is 0.690. The number of ether oxygens (including phenoxy) is 1. The Morgan fingerprint density at radius 3 is 2.27 bits per heavy atom. The molecule has 1 aromatic rings. The third-order valence-corrected chi connectivity index (χ3v) is 6.43. The Hall–Kier alpha value is -1.45. The van der Waals surface area contributed by atoms with Crippen LogP contribution in [0.15, 0.2) is 24.3 Å². The molecule has 0 aromatic heterocycles. The lowest BCUT2D eigenvalue weighted by molar-refractivity contribution is -0.134. The van der Waals surface area contributed by atoms with Crippen LogP contribution in [0.1, 0.15) is 18.4 Å². The standard InChI is InChI=1S/C16H22F2N2O4S.ClH/c1-20(11-12-3-5-13(6-4-12)24-15(17)18)14(21)16(25(2,22)23)7-9-19-10-8-16;/h3-6,15,19H,7-11H2,1-2H3;1H. The number of carbonyl (C=O) groups is 1. The average Bonchev–Trinajstić information content (AvgIpc) is 2.55. The van der Waals surface area contributed by atoms with E-state index in [-0.39, 0.29) is 37.5 Å². The first-order valence-corrected chi connectivity index (χ1v) is 9.74. The van der Waals surface area contributed by atoms with E-state index in [2.05, 4.69) is 10.1 Å². The molecule has 0 aliphatic carbocycles. The molecule has 0 radical (unpaired) electrons. The van der Waals surface area contributed by atoms with Crippen LogP contribution < -0.4 is 10.1 Å². The van der Waals surface area contributed by atoms with Crippen molar-refractivity contribution in [1.29, 1.82) is 0 Å². The smallest absolute Gasteiger partial charge is 0.387 e. The highest BCUT2D eigenvalue weighted by Crippen LogP contribution is 2.30. The second-order valence-corrected chi connectivity index (χ2v) is 8.53. The number of rotatable bonds is 6. The van der Waals surface area contributed by atoms with Crippen LogP contribution in [0.2, 0.25) is 0 Å². The molecule has 1 heterocycles. The van der Waals surface area contributed by atoms with Gasteiger partial charge in [-0.3, -0.25) is 4.79 Å². The van der Waals surface area contributed by atoms with Crippen molar-refractivity contribution in [1.82, 2.24) is 10.2 Å². The van der Waals surface area contributed by atoms with Crippen LogP contribution in [0, 0.1) is 0 Å². The number of nitrogens with one attached hydrogen (secondary N) is 1. The summed E-state index contributed by atoms with van der Waals surface area (Å²) < 4.78 is 51.8. The first-order valence-electron chi connectivity index (χ1n) is 7.85. The van der Waals surface area contributed by atoms with Gasteiger partial charge in [0.1, 0.15) is 5.75 Å². The van der Waals surface area contributed by atoms with Gasteiger partial charge in [0.25, 0.3) is 0 Å². The van der Waals surface area contributed by atoms with Gasteiger partial charge in [-0.25, -0.2) is 8.42 Å². The van der Waals surface area contributed by atoms with E-state index in [0.29, 0.717) is 18.7 Å². The summed E-state index contributed by atoms with van der Waals surface area (Å²) in [5, 5.41) is 3.07. The van der Waals surface area contributed by atoms with Crippen molar-refractivity contribution < 1.29 is 26.7 Å². The zero-order valence-corrected chi connectivity index (χ0v) is 16.2. The monoisotopic (exact) mass is 412 g/mol. The summed E-state index contributed by atoms with van der Waals surface area (Å²) in [6.45, 7) is -1.79. The molecule has 1 amide bonds. The van der Waals surface area contributed by atoms with Crippen molar-refractivity contribution in [2.75, 3.05) is 26.4 Å². The lowest BCUT2D eigenvalue weighted by Crippen LogP contribution is -2.57. The maximum Gasteiger partial charge on any atom is 0.387 e. The molecule has 0 bridgehead atoms. The van der Waals surface area contributed by atoms with E-state index in [1.807, 2.05) is 0 Å². The van der Waals surface area contributed by atoms with Crippen LogP contribution in [0.25, 0.3) is 0 Å². The fourth-order valence-electron chi connectivity index (χ4n) is 3.04. The highest BCUT2D eigenvalue weighted by Gasteiger charge is 2.49. The second kappa shape index (κ2) is 8.96. The molecule has 1 N–H and O–H groups in total. The molecule has 1 aromatic carbocycles. The number of amides is 1. The van der Waals surface area contributed by atoms with Gasteiger partial charge in [0.2, 0.25) is 5.91 Å². The Balaban J connectivity index is 0.00000338. The van der Waals surface area contributed by atoms with Gasteiger partial charge in [-0.05, 0) is 43.6 Å². The van der Waals surface area contributed by atoms with Crippen molar-refractivity contribution in [2.45, 2.75) is 30.7 Å². The third-order valence-electron chi connectivity index (χ3n) is 4.43. The SMILES string of the molecule is CN(Cc1ccc(OC(F)F)cc1)C(=O)C1(S(C)(=O)=O)CCNCC1.Cl. The molecule has 0 atom stereocenters. The number of carbonyl (C=O) groups excluding carboxylic acids is 1. The molecule has 1 aliphatic heterocycles. The number of nitrogens with zero attached hydrogens (tertiary/aromatic N) is 1. The minimum Gasteiger partial charge on any atom is -0.435 e. The Morgan fingerprint density at radius 2 is 1.81 bits per heavy atom. The number of benzene rings is 1. The molecule has 1 aliphatic rings. The van der Waals surface area contributed by atoms with Crippen molar-refractivity contribution in [3.05, 3.63) is 29.8 Å². The highest BCUT2D eigenvalue weighted by molar-refractivity contribution is 7.92. The van der Waals surface area contributed by atoms with E-state index < -0.39 is 27.1 Å². The molecule has 1 saturated heterocycles. The summed E-state index contributed by atoms with van der Waals surface area (Å²) in [6, 6.07) is 5.90. The maximum atomic E-state index is 12.9. The van der Waals surface area contributed by atoms with Gasteiger partial charge < -0.3 is 15.0 Å². The number of piperidine rings is 1.